The lowest BCUT2D eigenvalue weighted by molar-refractivity contribution is 0.0464. The molecule has 1 saturated heterocycles. The van der Waals surface area contributed by atoms with Gasteiger partial charge in [-0.15, -0.1) is 0 Å². The summed E-state index contributed by atoms with van der Waals surface area (Å²) in [6, 6.07) is 0.0425. The molecule has 0 aliphatic carbocycles. The first-order valence-corrected chi connectivity index (χ1v) is 11.9. The van der Waals surface area contributed by atoms with Crippen molar-refractivity contribution in [1.82, 2.24) is 10.2 Å². The topological polar surface area (TPSA) is 60.0 Å². The molecule has 0 aromatic carbocycles. The Morgan fingerprint density at radius 3 is 1.92 bits per heavy atom. The van der Waals surface area contributed by atoms with Gasteiger partial charge in [-0.2, -0.15) is 0 Å². The number of carbonyl (C=O) groups is 1. The largest absolute Gasteiger partial charge is 0.504 e. The van der Waals surface area contributed by atoms with Crippen LogP contribution in [0.1, 0.15) is 66.2 Å². The van der Waals surface area contributed by atoms with Gasteiger partial charge in [0, 0.05) is 45.0 Å². The van der Waals surface area contributed by atoms with E-state index in [0.29, 0.717) is 19.8 Å². The summed E-state index contributed by atoms with van der Waals surface area (Å²) >= 11 is 0. The molecule has 0 saturated carbocycles. The molecule has 1 aliphatic rings. The molecule has 0 spiro atoms. The highest BCUT2D eigenvalue weighted by molar-refractivity contribution is 6.62. The van der Waals surface area contributed by atoms with Crippen molar-refractivity contribution in [2.24, 2.45) is 0 Å². The van der Waals surface area contributed by atoms with Crippen molar-refractivity contribution in [2.45, 2.75) is 71.8 Å². The first-order valence-electron chi connectivity index (χ1n) is 10.1. The molecule has 1 rings (SSSR count). The minimum absolute atomic E-state index is 0.0425. The number of amides is 2. The molecule has 0 aromatic heterocycles. The third kappa shape index (κ3) is 7.25. The number of urea groups is 1. The van der Waals surface area contributed by atoms with Crippen molar-refractivity contribution in [2.75, 3.05) is 39.5 Å². The van der Waals surface area contributed by atoms with Crippen LogP contribution in [-0.2, 0) is 13.3 Å². The monoisotopic (exact) mass is 374 g/mol. The standard InChI is InChI=1S/C18H38N2O4Si/c1-5-9-17(10-12-20-13-11-19-18(20)21)25(22-14-6-2,23-15-7-3)24-16-8-4/h17H,5-16H2,1-4H3,(H,19,21). The van der Waals surface area contributed by atoms with Crippen LogP contribution >= 0.6 is 0 Å². The van der Waals surface area contributed by atoms with Gasteiger partial charge < -0.3 is 23.5 Å². The fourth-order valence-electron chi connectivity index (χ4n) is 3.09. The summed E-state index contributed by atoms with van der Waals surface area (Å²) in [6.45, 7) is 12.8. The second-order valence-corrected chi connectivity index (χ2v) is 9.53. The molecule has 148 valence electrons. The van der Waals surface area contributed by atoms with Crippen molar-refractivity contribution < 1.29 is 18.1 Å². The van der Waals surface area contributed by atoms with Crippen LogP contribution in [0.2, 0.25) is 5.54 Å². The van der Waals surface area contributed by atoms with E-state index >= 15 is 0 Å². The van der Waals surface area contributed by atoms with Gasteiger partial charge in [0.1, 0.15) is 0 Å². The molecule has 0 radical (unpaired) electrons. The minimum Gasteiger partial charge on any atom is -0.373 e. The molecular weight excluding hydrogens is 336 g/mol. The molecule has 6 nitrogen and oxygen atoms in total. The molecule has 1 aliphatic heterocycles. The summed E-state index contributed by atoms with van der Waals surface area (Å²) in [5.74, 6) is 0. The van der Waals surface area contributed by atoms with Gasteiger partial charge in [-0.05, 0) is 32.1 Å². The highest BCUT2D eigenvalue weighted by Crippen LogP contribution is 2.34. The number of hydrogen-bond donors (Lipinski definition) is 1. The third-order valence-electron chi connectivity index (χ3n) is 4.35. The Bertz CT molecular complexity index is 349. The zero-order valence-electron chi connectivity index (χ0n) is 16.6. The van der Waals surface area contributed by atoms with Crippen LogP contribution in [0.25, 0.3) is 0 Å². The van der Waals surface area contributed by atoms with Crippen LogP contribution in [0, 0.1) is 0 Å². The third-order valence-corrected chi connectivity index (χ3v) is 7.75. The van der Waals surface area contributed by atoms with Gasteiger partial charge in [0.05, 0.1) is 0 Å². The van der Waals surface area contributed by atoms with E-state index in [1.165, 1.54) is 0 Å². The predicted octanol–water partition coefficient (Wildman–Crippen LogP) is 3.79. The Hall–Kier alpha value is -0.633. The molecule has 7 heteroatoms. The van der Waals surface area contributed by atoms with Crippen molar-refractivity contribution in [3.63, 3.8) is 0 Å². The van der Waals surface area contributed by atoms with E-state index < -0.39 is 8.80 Å². The van der Waals surface area contributed by atoms with Gasteiger partial charge in [-0.3, -0.25) is 0 Å². The van der Waals surface area contributed by atoms with Gasteiger partial charge in [0.2, 0.25) is 0 Å². The van der Waals surface area contributed by atoms with Crippen LogP contribution in [0.3, 0.4) is 0 Å². The number of carbonyl (C=O) groups excluding carboxylic acids is 1. The highest BCUT2D eigenvalue weighted by Gasteiger charge is 2.49. The summed E-state index contributed by atoms with van der Waals surface area (Å²) in [6.07, 6.45) is 5.81. The lowest BCUT2D eigenvalue weighted by atomic mass is 10.2. The normalized spacial score (nSPS) is 16.3. The maximum Gasteiger partial charge on any atom is 0.504 e. The van der Waals surface area contributed by atoms with Crippen LogP contribution in [-0.4, -0.2) is 59.2 Å². The molecular formula is C18H38N2O4Si. The van der Waals surface area contributed by atoms with E-state index in [4.69, 9.17) is 13.3 Å². The zero-order chi connectivity index (χ0) is 18.5. The number of rotatable bonds is 15. The van der Waals surface area contributed by atoms with Gasteiger partial charge in [0.15, 0.2) is 0 Å². The lowest BCUT2D eigenvalue weighted by Crippen LogP contribution is -2.51. The summed E-state index contributed by atoms with van der Waals surface area (Å²) in [4.78, 5) is 13.7. The molecule has 1 unspecified atom stereocenters. The Labute approximate surface area is 155 Å². The van der Waals surface area contributed by atoms with E-state index in [9.17, 15) is 4.79 Å². The fourth-order valence-corrected chi connectivity index (χ4v) is 6.64. The highest BCUT2D eigenvalue weighted by atomic mass is 28.4. The predicted molar refractivity (Wildman–Crippen MR) is 103 cm³/mol. The molecule has 1 fully saturated rings. The van der Waals surface area contributed by atoms with Crippen LogP contribution in [0.15, 0.2) is 0 Å². The minimum atomic E-state index is -2.76. The average Bonchev–Trinajstić information content (AvgIpc) is 3.03. The molecule has 2 amide bonds. The van der Waals surface area contributed by atoms with E-state index in [1.807, 2.05) is 4.90 Å². The van der Waals surface area contributed by atoms with Gasteiger partial charge >= 0.3 is 14.8 Å². The van der Waals surface area contributed by atoms with Gasteiger partial charge in [0.25, 0.3) is 0 Å². The van der Waals surface area contributed by atoms with Crippen molar-refractivity contribution in [3.8, 4) is 0 Å². The average molecular weight is 375 g/mol. The second-order valence-electron chi connectivity index (χ2n) is 6.64. The van der Waals surface area contributed by atoms with Gasteiger partial charge in [-0.1, -0.05) is 34.1 Å². The SMILES string of the molecule is CCCO[Si](OCCC)(OCCC)C(CCC)CCN1CCNC1=O. The summed E-state index contributed by atoms with van der Waals surface area (Å²) in [5, 5.41) is 2.87. The second kappa shape index (κ2) is 12.7. The summed E-state index contributed by atoms with van der Waals surface area (Å²) in [5.41, 5.74) is 0.246. The van der Waals surface area contributed by atoms with Crippen LogP contribution in [0.4, 0.5) is 4.79 Å². The van der Waals surface area contributed by atoms with Crippen LogP contribution < -0.4 is 5.32 Å². The first-order chi connectivity index (χ1) is 12.1. The van der Waals surface area contributed by atoms with Crippen molar-refractivity contribution in [3.05, 3.63) is 0 Å². The van der Waals surface area contributed by atoms with Crippen molar-refractivity contribution >= 4 is 14.8 Å². The van der Waals surface area contributed by atoms with Crippen LogP contribution in [0.5, 0.6) is 0 Å². The summed E-state index contributed by atoms with van der Waals surface area (Å²) < 4.78 is 18.9. The lowest BCUT2D eigenvalue weighted by Gasteiger charge is -2.36. The first kappa shape index (κ1) is 22.4. The molecule has 0 bridgehead atoms. The Morgan fingerprint density at radius 1 is 0.960 bits per heavy atom. The van der Waals surface area contributed by atoms with E-state index in [-0.39, 0.29) is 11.6 Å². The Morgan fingerprint density at radius 2 is 1.52 bits per heavy atom. The molecule has 25 heavy (non-hydrogen) atoms. The molecule has 1 N–H and O–H groups in total. The molecule has 1 atom stereocenters. The quantitative estimate of drug-likeness (QED) is 0.443. The fraction of sp³-hybridized carbons (Fsp3) is 0.944. The smallest absolute Gasteiger partial charge is 0.373 e. The summed E-state index contributed by atoms with van der Waals surface area (Å²) in [7, 11) is -2.76. The number of nitrogens with zero attached hydrogens (tertiary/aromatic N) is 1. The Balaban J connectivity index is 2.87. The van der Waals surface area contributed by atoms with E-state index in [1.54, 1.807) is 0 Å². The number of nitrogens with one attached hydrogen (secondary N) is 1. The maximum atomic E-state index is 11.8. The molecule has 1 heterocycles. The Kier molecular flexibility index (Phi) is 11.4. The number of hydrogen-bond acceptors (Lipinski definition) is 4. The van der Waals surface area contributed by atoms with Crippen molar-refractivity contribution in [1.29, 1.82) is 0 Å². The molecule has 0 aromatic rings. The van der Waals surface area contributed by atoms with E-state index in [0.717, 1.165) is 58.2 Å². The van der Waals surface area contributed by atoms with Gasteiger partial charge in [-0.25, -0.2) is 4.79 Å². The maximum absolute atomic E-state index is 11.8. The zero-order valence-corrected chi connectivity index (χ0v) is 17.6. The van der Waals surface area contributed by atoms with E-state index in [2.05, 4.69) is 33.0 Å².